The molecule has 0 bridgehead atoms. The average Bonchev–Trinajstić information content (AvgIpc) is 2.85. The molecule has 0 saturated carbocycles. The van der Waals surface area contributed by atoms with Crippen LogP contribution in [0.3, 0.4) is 0 Å². The maximum atomic E-state index is 12.2. The molecule has 0 aromatic heterocycles. The van der Waals surface area contributed by atoms with Crippen LogP contribution in [0.25, 0.3) is 0 Å². The molecular formula is C15H10Cl3NOS. The normalized spacial score (nSPS) is 18.3. The first-order valence-corrected chi connectivity index (χ1v) is 8.39. The molecule has 1 saturated heterocycles. The molecule has 1 amide bonds. The number of hydrogen-bond donors (Lipinski definition) is 0. The molecule has 1 unspecified atom stereocenters. The van der Waals surface area contributed by atoms with Crippen molar-refractivity contribution in [3.8, 4) is 0 Å². The lowest BCUT2D eigenvalue weighted by atomic mass is 10.2. The van der Waals surface area contributed by atoms with Gasteiger partial charge in [-0.05, 0) is 42.0 Å². The molecule has 2 nitrogen and oxygen atoms in total. The largest absolute Gasteiger partial charge is 0.295 e. The first-order valence-electron chi connectivity index (χ1n) is 6.20. The van der Waals surface area contributed by atoms with Crippen LogP contribution in [0.2, 0.25) is 15.1 Å². The van der Waals surface area contributed by atoms with Crippen LogP contribution in [0.4, 0.5) is 5.69 Å². The van der Waals surface area contributed by atoms with Gasteiger partial charge in [-0.15, -0.1) is 11.8 Å². The van der Waals surface area contributed by atoms with Gasteiger partial charge in [-0.25, -0.2) is 0 Å². The SMILES string of the molecule is O=C1CSC(c2ccc(Cl)c(Cl)c2)N1c1ccc(Cl)cc1. The van der Waals surface area contributed by atoms with Gasteiger partial charge in [0.25, 0.3) is 0 Å². The van der Waals surface area contributed by atoms with Crippen LogP contribution in [0.5, 0.6) is 0 Å². The lowest BCUT2D eigenvalue weighted by Gasteiger charge is -2.24. The highest BCUT2D eigenvalue weighted by molar-refractivity contribution is 8.00. The fourth-order valence-electron chi connectivity index (χ4n) is 2.22. The minimum absolute atomic E-state index is 0.0680. The Morgan fingerprint density at radius 2 is 1.71 bits per heavy atom. The first-order chi connectivity index (χ1) is 10.1. The van der Waals surface area contributed by atoms with Crippen LogP contribution in [0.1, 0.15) is 10.9 Å². The standard InChI is InChI=1S/C15H10Cl3NOS/c16-10-2-4-11(5-3-10)19-14(20)8-21-15(19)9-1-6-12(17)13(18)7-9/h1-7,15H,8H2. The molecule has 1 aliphatic heterocycles. The van der Waals surface area contributed by atoms with Crippen LogP contribution in [0.15, 0.2) is 42.5 Å². The second kappa shape index (κ2) is 6.09. The quantitative estimate of drug-likeness (QED) is 0.714. The average molecular weight is 359 g/mol. The molecule has 0 N–H and O–H groups in total. The van der Waals surface area contributed by atoms with Gasteiger partial charge in [-0.3, -0.25) is 9.69 Å². The minimum Gasteiger partial charge on any atom is -0.295 e. The lowest BCUT2D eigenvalue weighted by molar-refractivity contribution is -0.115. The van der Waals surface area contributed by atoms with Gasteiger partial charge < -0.3 is 0 Å². The van der Waals surface area contributed by atoms with Gasteiger partial charge in [0, 0.05) is 10.7 Å². The molecule has 21 heavy (non-hydrogen) atoms. The Kier molecular flexibility index (Phi) is 4.36. The number of rotatable bonds is 2. The number of amides is 1. The lowest BCUT2D eigenvalue weighted by Crippen LogP contribution is -2.27. The molecule has 2 aromatic carbocycles. The predicted octanol–water partition coefficient (Wildman–Crippen LogP) is 5.43. The maximum Gasteiger partial charge on any atom is 0.238 e. The molecular weight excluding hydrogens is 349 g/mol. The summed E-state index contributed by atoms with van der Waals surface area (Å²) in [5.41, 5.74) is 1.78. The Labute approximate surface area is 142 Å². The molecule has 1 aliphatic rings. The van der Waals surface area contributed by atoms with E-state index in [-0.39, 0.29) is 11.3 Å². The summed E-state index contributed by atoms with van der Waals surface area (Å²) >= 11 is 19.5. The van der Waals surface area contributed by atoms with E-state index in [2.05, 4.69) is 0 Å². The summed E-state index contributed by atoms with van der Waals surface area (Å²) in [5.74, 6) is 0.506. The Morgan fingerprint density at radius 3 is 2.38 bits per heavy atom. The van der Waals surface area contributed by atoms with Crippen molar-refractivity contribution in [2.24, 2.45) is 0 Å². The van der Waals surface area contributed by atoms with Crippen molar-refractivity contribution in [2.75, 3.05) is 10.7 Å². The second-order valence-electron chi connectivity index (χ2n) is 4.58. The fourth-order valence-corrected chi connectivity index (χ4v) is 3.82. The highest BCUT2D eigenvalue weighted by atomic mass is 35.5. The number of benzene rings is 2. The van der Waals surface area contributed by atoms with E-state index < -0.39 is 0 Å². The Hall–Kier alpha value is -0.870. The Morgan fingerprint density at radius 1 is 1.00 bits per heavy atom. The van der Waals surface area contributed by atoms with E-state index in [1.54, 1.807) is 34.9 Å². The number of nitrogens with zero attached hydrogens (tertiary/aromatic N) is 1. The second-order valence-corrected chi connectivity index (χ2v) is 6.90. The van der Waals surface area contributed by atoms with Gasteiger partial charge in [0.05, 0.1) is 15.8 Å². The molecule has 0 spiro atoms. The van der Waals surface area contributed by atoms with Crippen LogP contribution < -0.4 is 4.90 Å². The van der Waals surface area contributed by atoms with Gasteiger partial charge >= 0.3 is 0 Å². The first kappa shape index (κ1) is 15.0. The number of thioether (sulfide) groups is 1. The summed E-state index contributed by atoms with van der Waals surface area (Å²) < 4.78 is 0. The summed E-state index contributed by atoms with van der Waals surface area (Å²) in [7, 11) is 0. The maximum absolute atomic E-state index is 12.2. The third-order valence-corrected chi connectivity index (χ3v) is 5.40. The zero-order valence-electron chi connectivity index (χ0n) is 10.7. The van der Waals surface area contributed by atoms with E-state index in [1.807, 2.05) is 24.3 Å². The fraction of sp³-hybridized carbons (Fsp3) is 0.133. The van der Waals surface area contributed by atoms with Crippen LogP contribution in [-0.4, -0.2) is 11.7 Å². The van der Waals surface area contributed by atoms with E-state index in [0.29, 0.717) is 20.8 Å². The van der Waals surface area contributed by atoms with Crippen molar-refractivity contribution in [1.82, 2.24) is 0 Å². The predicted molar refractivity (Wildman–Crippen MR) is 90.6 cm³/mol. The summed E-state index contributed by atoms with van der Waals surface area (Å²) in [5, 5.41) is 1.54. The van der Waals surface area contributed by atoms with Gasteiger partial charge in [0.2, 0.25) is 5.91 Å². The highest BCUT2D eigenvalue weighted by Gasteiger charge is 2.34. The zero-order chi connectivity index (χ0) is 15.0. The topological polar surface area (TPSA) is 20.3 Å². The van der Waals surface area contributed by atoms with Crippen LogP contribution in [0, 0.1) is 0 Å². The van der Waals surface area contributed by atoms with Gasteiger partial charge in [0.1, 0.15) is 5.37 Å². The van der Waals surface area contributed by atoms with E-state index in [0.717, 1.165) is 11.3 Å². The minimum atomic E-state index is -0.103. The zero-order valence-corrected chi connectivity index (χ0v) is 13.8. The summed E-state index contributed by atoms with van der Waals surface area (Å²) in [6, 6.07) is 12.7. The smallest absolute Gasteiger partial charge is 0.238 e. The van der Waals surface area contributed by atoms with E-state index in [1.165, 1.54) is 0 Å². The molecule has 108 valence electrons. The van der Waals surface area contributed by atoms with Crippen molar-refractivity contribution in [3.05, 3.63) is 63.1 Å². The molecule has 0 aliphatic carbocycles. The number of carbonyl (C=O) groups is 1. The monoisotopic (exact) mass is 357 g/mol. The number of anilines is 1. The highest BCUT2D eigenvalue weighted by Crippen LogP contribution is 2.43. The van der Waals surface area contributed by atoms with Crippen LogP contribution in [-0.2, 0) is 4.79 Å². The molecule has 0 radical (unpaired) electrons. The van der Waals surface area contributed by atoms with Crippen molar-refractivity contribution in [3.63, 3.8) is 0 Å². The summed E-state index contributed by atoms with van der Waals surface area (Å²) in [6.45, 7) is 0. The Bertz CT molecular complexity index is 690. The third kappa shape index (κ3) is 3.02. The van der Waals surface area contributed by atoms with Crippen molar-refractivity contribution in [2.45, 2.75) is 5.37 Å². The molecule has 1 heterocycles. The number of hydrogen-bond acceptors (Lipinski definition) is 2. The van der Waals surface area contributed by atoms with Gasteiger partial charge in [-0.2, -0.15) is 0 Å². The van der Waals surface area contributed by atoms with Crippen molar-refractivity contribution < 1.29 is 4.79 Å². The van der Waals surface area contributed by atoms with Gasteiger partial charge in [0.15, 0.2) is 0 Å². The molecule has 1 fully saturated rings. The van der Waals surface area contributed by atoms with E-state index in [9.17, 15) is 4.79 Å². The molecule has 3 rings (SSSR count). The number of halogens is 3. The third-order valence-electron chi connectivity index (χ3n) is 3.20. The van der Waals surface area contributed by atoms with E-state index in [4.69, 9.17) is 34.8 Å². The van der Waals surface area contributed by atoms with Gasteiger partial charge in [-0.1, -0.05) is 40.9 Å². The van der Waals surface area contributed by atoms with E-state index >= 15 is 0 Å². The number of carbonyl (C=O) groups excluding carboxylic acids is 1. The molecule has 1 atom stereocenters. The summed E-state index contributed by atoms with van der Waals surface area (Å²) in [4.78, 5) is 14.0. The Balaban J connectivity index is 1.99. The molecule has 6 heteroatoms. The summed E-state index contributed by atoms with van der Waals surface area (Å²) in [6.07, 6.45) is 0. The van der Waals surface area contributed by atoms with Crippen molar-refractivity contribution >= 4 is 58.2 Å². The van der Waals surface area contributed by atoms with Crippen LogP contribution >= 0.6 is 46.6 Å². The molecule has 2 aromatic rings. The van der Waals surface area contributed by atoms with Crippen molar-refractivity contribution in [1.29, 1.82) is 0 Å².